The predicted octanol–water partition coefficient (Wildman–Crippen LogP) is 1.99. The van der Waals surface area contributed by atoms with Gasteiger partial charge < -0.3 is 30.8 Å². The van der Waals surface area contributed by atoms with Crippen molar-refractivity contribution in [2.45, 2.75) is 37.5 Å². The molecule has 0 aliphatic carbocycles. The standard InChI is InChI=1S/C24H26F3N9O2/c1-38-17-6-4-14(34-21(17)27)13-3-5-16(35-8-2-7-24(29,10-35)19(37)20(25)26)15(33-13)9-36-12-32-18-22(28)30-11-31-23(18)36/h3-6,11-12,19-20,37H,2,7-10,29H2,1H3,(H2,28,30,31)/t19-,24-/m1/s1. The molecule has 1 fully saturated rings. The molecule has 5 rings (SSSR count). The van der Waals surface area contributed by atoms with Crippen molar-refractivity contribution in [2.75, 3.05) is 30.8 Å². The molecule has 0 spiro atoms. The second-order valence-electron chi connectivity index (χ2n) is 9.19. The summed E-state index contributed by atoms with van der Waals surface area (Å²) >= 11 is 0. The molecule has 4 aromatic rings. The van der Waals surface area contributed by atoms with Gasteiger partial charge in [0.05, 0.1) is 48.3 Å². The number of fused-ring (bicyclic) bond motifs is 1. The number of nitrogens with zero attached hydrogens (tertiary/aromatic N) is 7. The van der Waals surface area contributed by atoms with Crippen LogP contribution >= 0.6 is 0 Å². The SMILES string of the molecule is COc1ccc(-c2ccc(N3CCC[C@](N)([C@H](O)C(F)F)C3)c(Cn3cnc4c(N)ncnc43)n2)nc1F. The molecule has 2 atom stereocenters. The molecule has 0 bridgehead atoms. The van der Waals surface area contributed by atoms with Crippen LogP contribution in [0.25, 0.3) is 22.6 Å². The summed E-state index contributed by atoms with van der Waals surface area (Å²) in [7, 11) is 1.34. The highest BCUT2D eigenvalue weighted by atomic mass is 19.3. The number of aliphatic hydroxyl groups is 1. The number of halogens is 3. The molecule has 0 unspecified atom stereocenters. The molecule has 0 aromatic carbocycles. The Morgan fingerprint density at radius 3 is 2.63 bits per heavy atom. The Morgan fingerprint density at radius 1 is 1.13 bits per heavy atom. The number of nitrogens with two attached hydrogens (primary N) is 2. The van der Waals surface area contributed by atoms with Crippen LogP contribution in [0.5, 0.6) is 5.75 Å². The lowest BCUT2D eigenvalue weighted by Gasteiger charge is -2.44. The van der Waals surface area contributed by atoms with E-state index in [1.54, 1.807) is 29.1 Å². The molecule has 200 valence electrons. The van der Waals surface area contributed by atoms with Crippen LogP contribution in [-0.4, -0.2) is 72.9 Å². The van der Waals surface area contributed by atoms with E-state index in [0.717, 1.165) is 0 Å². The number of methoxy groups -OCH3 is 1. The van der Waals surface area contributed by atoms with E-state index in [0.29, 0.717) is 41.2 Å². The minimum atomic E-state index is -2.97. The van der Waals surface area contributed by atoms with Gasteiger partial charge in [-0.3, -0.25) is 0 Å². The van der Waals surface area contributed by atoms with E-state index in [1.807, 2.05) is 4.90 Å². The number of piperidine rings is 1. The molecule has 4 aromatic heterocycles. The lowest BCUT2D eigenvalue weighted by Crippen LogP contribution is -2.63. The zero-order valence-corrected chi connectivity index (χ0v) is 20.4. The molecular formula is C24H26F3N9O2. The number of aliphatic hydroxyl groups excluding tert-OH is 1. The van der Waals surface area contributed by atoms with Crippen molar-refractivity contribution in [1.82, 2.24) is 29.5 Å². The Morgan fingerprint density at radius 2 is 1.89 bits per heavy atom. The molecule has 1 aliphatic rings. The first-order chi connectivity index (χ1) is 18.2. The number of alkyl halides is 2. The molecule has 0 amide bonds. The number of hydrogen-bond donors (Lipinski definition) is 3. The van der Waals surface area contributed by atoms with Gasteiger partial charge in [0.25, 0.3) is 12.4 Å². The van der Waals surface area contributed by atoms with Crippen LogP contribution in [-0.2, 0) is 6.54 Å². The Kier molecular flexibility index (Phi) is 6.75. The van der Waals surface area contributed by atoms with E-state index in [-0.39, 0.29) is 36.8 Å². The smallest absolute Gasteiger partial charge is 0.265 e. The normalized spacial score (nSPS) is 18.8. The van der Waals surface area contributed by atoms with Crippen LogP contribution in [0.2, 0.25) is 0 Å². The van der Waals surface area contributed by atoms with Crippen LogP contribution in [0, 0.1) is 5.95 Å². The number of ether oxygens (including phenoxy) is 1. The van der Waals surface area contributed by atoms with Crippen molar-refractivity contribution in [3.05, 3.63) is 48.6 Å². The van der Waals surface area contributed by atoms with Crippen molar-refractivity contribution in [2.24, 2.45) is 5.73 Å². The van der Waals surface area contributed by atoms with Gasteiger partial charge in [0.2, 0.25) is 0 Å². The number of anilines is 2. The highest BCUT2D eigenvalue weighted by molar-refractivity contribution is 5.81. The Labute approximate surface area is 215 Å². The first kappa shape index (κ1) is 25.6. The molecular weight excluding hydrogens is 503 g/mol. The van der Waals surface area contributed by atoms with Gasteiger partial charge >= 0.3 is 0 Å². The van der Waals surface area contributed by atoms with Crippen molar-refractivity contribution in [3.63, 3.8) is 0 Å². The molecule has 38 heavy (non-hydrogen) atoms. The maximum atomic E-state index is 14.3. The number of rotatable bonds is 7. The van der Waals surface area contributed by atoms with Gasteiger partial charge in [0, 0.05) is 13.1 Å². The first-order valence-corrected chi connectivity index (χ1v) is 11.8. The number of hydrogen-bond acceptors (Lipinski definition) is 10. The molecule has 0 saturated carbocycles. The molecule has 14 heteroatoms. The minimum Gasteiger partial charge on any atom is -0.492 e. The first-order valence-electron chi connectivity index (χ1n) is 11.8. The number of nitrogen functional groups attached to an aromatic ring is 1. The van der Waals surface area contributed by atoms with Crippen LogP contribution < -0.4 is 21.1 Å². The van der Waals surface area contributed by atoms with Crippen molar-refractivity contribution >= 4 is 22.7 Å². The van der Waals surface area contributed by atoms with Crippen LogP contribution in [0.4, 0.5) is 24.7 Å². The van der Waals surface area contributed by atoms with Gasteiger partial charge in [-0.2, -0.15) is 4.39 Å². The van der Waals surface area contributed by atoms with Gasteiger partial charge in [0.15, 0.2) is 17.2 Å². The summed E-state index contributed by atoms with van der Waals surface area (Å²) in [5.74, 6) is -0.563. The molecule has 1 saturated heterocycles. The highest BCUT2D eigenvalue weighted by Crippen LogP contribution is 2.33. The number of imidazole rings is 1. The third-order valence-electron chi connectivity index (χ3n) is 6.72. The van der Waals surface area contributed by atoms with Crippen molar-refractivity contribution < 1.29 is 23.0 Å². The summed E-state index contributed by atoms with van der Waals surface area (Å²) in [6.45, 7) is 0.667. The van der Waals surface area contributed by atoms with Crippen molar-refractivity contribution in [1.29, 1.82) is 0 Å². The minimum absolute atomic E-state index is 0.00191. The van der Waals surface area contributed by atoms with Gasteiger partial charge in [-0.25, -0.2) is 33.7 Å². The highest BCUT2D eigenvalue weighted by Gasteiger charge is 2.43. The third kappa shape index (κ3) is 4.67. The molecule has 11 nitrogen and oxygen atoms in total. The van der Waals surface area contributed by atoms with E-state index in [1.165, 1.54) is 19.5 Å². The van der Waals surface area contributed by atoms with Crippen LogP contribution in [0.3, 0.4) is 0 Å². The lowest BCUT2D eigenvalue weighted by atomic mass is 9.84. The monoisotopic (exact) mass is 529 g/mol. The summed E-state index contributed by atoms with van der Waals surface area (Å²) < 4.78 is 47.8. The fourth-order valence-corrected chi connectivity index (χ4v) is 4.74. The van der Waals surface area contributed by atoms with Gasteiger partial charge in [-0.15, -0.1) is 0 Å². The summed E-state index contributed by atoms with van der Waals surface area (Å²) in [4.78, 5) is 23.1. The number of pyridine rings is 2. The third-order valence-corrected chi connectivity index (χ3v) is 6.72. The summed E-state index contributed by atoms with van der Waals surface area (Å²) in [5.41, 5.74) is 13.4. The fourth-order valence-electron chi connectivity index (χ4n) is 4.74. The second kappa shape index (κ2) is 10.0. The lowest BCUT2D eigenvalue weighted by molar-refractivity contribution is -0.0529. The van der Waals surface area contributed by atoms with Gasteiger partial charge in [-0.1, -0.05) is 0 Å². The maximum absolute atomic E-state index is 14.3. The van der Waals surface area contributed by atoms with E-state index in [2.05, 4.69) is 19.9 Å². The van der Waals surface area contributed by atoms with Crippen LogP contribution in [0.15, 0.2) is 36.9 Å². The quantitative estimate of drug-likeness (QED) is 0.303. The molecule has 1 aliphatic heterocycles. The number of aromatic nitrogens is 6. The van der Waals surface area contributed by atoms with E-state index < -0.39 is 24.0 Å². The zero-order chi connectivity index (χ0) is 27.0. The Hall–Kier alpha value is -4.04. The average molecular weight is 530 g/mol. The molecule has 5 N–H and O–H groups in total. The Bertz CT molecular complexity index is 1470. The predicted molar refractivity (Wildman–Crippen MR) is 133 cm³/mol. The average Bonchev–Trinajstić information content (AvgIpc) is 3.32. The van der Waals surface area contributed by atoms with E-state index >= 15 is 0 Å². The van der Waals surface area contributed by atoms with Gasteiger partial charge in [-0.05, 0) is 37.1 Å². The topological polar surface area (TPSA) is 154 Å². The summed E-state index contributed by atoms with van der Waals surface area (Å²) in [6.07, 6.45) is -1.35. The van der Waals surface area contributed by atoms with Gasteiger partial charge in [0.1, 0.15) is 17.9 Å². The zero-order valence-electron chi connectivity index (χ0n) is 20.4. The summed E-state index contributed by atoms with van der Waals surface area (Å²) in [5, 5.41) is 10.1. The fraction of sp³-hybridized carbons (Fsp3) is 0.375. The van der Waals surface area contributed by atoms with Crippen molar-refractivity contribution in [3.8, 4) is 17.1 Å². The molecule has 5 heterocycles. The maximum Gasteiger partial charge on any atom is 0.265 e. The molecule has 0 radical (unpaired) electrons. The Balaban J connectivity index is 1.57. The largest absolute Gasteiger partial charge is 0.492 e. The van der Waals surface area contributed by atoms with E-state index in [9.17, 15) is 18.3 Å². The second-order valence-corrected chi connectivity index (χ2v) is 9.19. The summed E-state index contributed by atoms with van der Waals surface area (Å²) in [6, 6.07) is 6.45. The van der Waals surface area contributed by atoms with Crippen LogP contribution in [0.1, 0.15) is 18.5 Å². The van der Waals surface area contributed by atoms with E-state index in [4.69, 9.17) is 21.2 Å².